The van der Waals surface area contributed by atoms with E-state index in [4.69, 9.17) is 4.74 Å². The molecule has 9 nitrogen and oxygen atoms in total. The molecule has 1 aromatic carbocycles. The van der Waals surface area contributed by atoms with E-state index in [0.717, 1.165) is 38.5 Å². The van der Waals surface area contributed by atoms with Gasteiger partial charge in [0.2, 0.25) is 5.91 Å². The smallest absolute Gasteiger partial charge is 0.317 e. The van der Waals surface area contributed by atoms with Gasteiger partial charge in [0.1, 0.15) is 6.10 Å². The molecule has 4 amide bonds. The third kappa shape index (κ3) is 6.11. The SMILES string of the molecule is C[C@H]1CN([C@@H](C)CO)C(=O)c2cccc(NC(=O)C3CC3)c2O[C@H]1CN(C)C(=O)NC1CCCCC1. The van der Waals surface area contributed by atoms with Crippen LogP contribution >= 0.6 is 0 Å². The number of ether oxygens (including phenoxy) is 1. The number of nitrogens with one attached hydrogen (secondary N) is 2. The molecule has 2 saturated carbocycles. The standard InChI is InChI=1S/C27H40N4O5/c1-17-14-31(18(2)16-32)26(34)21-10-7-11-22(29-25(33)19-12-13-19)24(21)36-23(17)15-30(3)27(35)28-20-8-5-4-6-9-20/h7,10-11,17-20,23,32H,4-6,8-9,12-16H2,1-3H3,(H,28,35)(H,29,33)/t17-,18-,23-/m0/s1. The first kappa shape index (κ1) is 26.3. The molecular weight excluding hydrogens is 460 g/mol. The Morgan fingerprint density at radius 3 is 2.58 bits per heavy atom. The van der Waals surface area contributed by atoms with E-state index < -0.39 is 6.10 Å². The van der Waals surface area contributed by atoms with Gasteiger partial charge in [-0.15, -0.1) is 0 Å². The molecule has 0 radical (unpaired) electrons. The highest BCUT2D eigenvalue weighted by Crippen LogP contribution is 2.37. The van der Waals surface area contributed by atoms with Crippen molar-refractivity contribution in [1.82, 2.24) is 15.1 Å². The van der Waals surface area contributed by atoms with Gasteiger partial charge in [0.15, 0.2) is 5.75 Å². The fourth-order valence-electron chi connectivity index (χ4n) is 5.02. The summed E-state index contributed by atoms with van der Waals surface area (Å²) in [6.07, 6.45) is 6.80. The van der Waals surface area contributed by atoms with E-state index in [1.54, 1.807) is 35.0 Å². The van der Waals surface area contributed by atoms with E-state index in [0.29, 0.717) is 30.1 Å². The van der Waals surface area contributed by atoms with Crippen LogP contribution in [0.5, 0.6) is 5.75 Å². The minimum absolute atomic E-state index is 0.000333. The van der Waals surface area contributed by atoms with Crippen LogP contribution in [-0.4, -0.2) is 77.7 Å². The minimum atomic E-state index is -0.425. The molecule has 9 heteroatoms. The molecule has 0 bridgehead atoms. The van der Waals surface area contributed by atoms with Crippen LogP contribution in [-0.2, 0) is 4.79 Å². The van der Waals surface area contributed by atoms with Gasteiger partial charge < -0.3 is 30.3 Å². The molecule has 3 N–H and O–H groups in total. The number of urea groups is 1. The second kappa shape index (κ2) is 11.5. The van der Waals surface area contributed by atoms with Crippen molar-refractivity contribution in [3.8, 4) is 5.75 Å². The van der Waals surface area contributed by atoms with Crippen molar-refractivity contribution in [1.29, 1.82) is 0 Å². The van der Waals surface area contributed by atoms with E-state index in [2.05, 4.69) is 10.6 Å². The van der Waals surface area contributed by atoms with Crippen LogP contribution in [0, 0.1) is 11.8 Å². The largest absolute Gasteiger partial charge is 0.485 e. The summed E-state index contributed by atoms with van der Waals surface area (Å²) in [5.74, 6) is -0.128. The maximum absolute atomic E-state index is 13.5. The Bertz CT molecular complexity index is 959. The molecule has 1 aliphatic heterocycles. The van der Waals surface area contributed by atoms with Gasteiger partial charge in [0.05, 0.1) is 30.4 Å². The highest BCUT2D eigenvalue weighted by atomic mass is 16.5. The Morgan fingerprint density at radius 1 is 1.19 bits per heavy atom. The lowest BCUT2D eigenvalue weighted by Crippen LogP contribution is -2.52. The van der Waals surface area contributed by atoms with Crippen LogP contribution in [0.2, 0.25) is 0 Å². The van der Waals surface area contributed by atoms with Crippen LogP contribution in [0.4, 0.5) is 10.5 Å². The molecule has 0 aromatic heterocycles. The number of hydrogen-bond acceptors (Lipinski definition) is 5. The molecule has 1 aromatic rings. The number of carbonyl (C=O) groups excluding carboxylic acids is 3. The van der Waals surface area contributed by atoms with Crippen LogP contribution < -0.4 is 15.4 Å². The van der Waals surface area contributed by atoms with Crippen molar-refractivity contribution in [2.75, 3.05) is 32.1 Å². The highest BCUT2D eigenvalue weighted by Gasteiger charge is 2.36. The first-order valence-electron chi connectivity index (χ1n) is 13.3. The summed E-state index contributed by atoms with van der Waals surface area (Å²) in [7, 11) is 1.76. The van der Waals surface area contributed by atoms with Gasteiger partial charge in [-0.1, -0.05) is 32.3 Å². The maximum atomic E-state index is 13.5. The number of nitrogens with zero attached hydrogens (tertiary/aromatic N) is 2. The number of fused-ring (bicyclic) bond motifs is 1. The van der Waals surface area contributed by atoms with Crippen LogP contribution in [0.1, 0.15) is 69.2 Å². The Labute approximate surface area is 213 Å². The summed E-state index contributed by atoms with van der Waals surface area (Å²) in [6, 6.07) is 4.85. The number of benzene rings is 1. The number of rotatable bonds is 7. The number of hydrogen-bond donors (Lipinski definition) is 3. The number of aliphatic hydroxyl groups is 1. The van der Waals surface area contributed by atoms with Gasteiger partial charge in [0, 0.05) is 31.5 Å². The number of likely N-dealkylation sites (N-methyl/N-ethyl adjacent to an activating group) is 1. The van der Waals surface area contributed by atoms with E-state index in [1.165, 1.54) is 6.42 Å². The second-order valence-corrected chi connectivity index (χ2v) is 10.7. The molecule has 36 heavy (non-hydrogen) atoms. The molecule has 3 aliphatic rings. The first-order valence-corrected chi connectivity index (χ1v) is 13.3. The first-order chi connectivity index (χ1) is 17.3. The summed E-state index contributed by atoms with van der Waals surface area (Å²) >= 11 is 0. The number of carbonyl (C=O) groups is 3. The zero-order chi connectivity index (χ0) is 25.8. The molecule has 4 rings (SSSR count). The molecular formula is C27H40N4O5. The van der Waals surface area contributed by atoms with Crippen molar-refractivity contribution >= 4 is 23.5 Å². The number of amides is 4. The van der Waals surface area contributed by atoms with Crippen LogP contribution in [0.15, 0.2) is 18.2 Å². The third-order valence-corrected chi connectivity index (χ3v) is 7.63. The molecule has 0 spiro atoms. The normalized spacial score (nSPS) is 23.6. The Morgan fingerprint density at radius 2 is 1.92 bits per heavy atom. The van der Waals surface area contributed by atoms with Crippen LogP contribution in [0.3, 0.4) is 0 Å². The highest BCUT2D eigenvalue weighted by molar-refractivity contribution is 6.02. The summed E-state index contributed by atoms with van der Waals surface area (Å²) in [5.41, 5.74) is 0.804. The average Bonchev–Trinajstić information content (AvgIpc) is 3.72. The van der Waals surface area contributed by atoms with E-state index in [1.807, 2.05) is 13.8 Å². The quantitative estimate of drug-likeness (QED) is 0.532. The predicted molar refractivity (Wildman–Crippen MR) is 137 cm³/mol. The van der Waals surface area contributed by atoms with Gasteiger partial charge in [-0.05, 0) is 44.7 Å². The van der Waals surface area contributed by atoms with Crippen molar-refractivity contribution in [2.24, 2.45) is 11.8 Å². The van der Waals surface area contributed by atoms with Gasteiger partial charge >= 0.3 is 6.03 Å². The lowest BCUT2D eigenvalue weighted by molar-refractivity contribution is -0.117. The van der Waals surface area contributed by atoms with Crippen LogP contribution in [0.25, 0.3) is 0 Å². The van der Waals surface area contributed by atoms with Gasteiger partial charge in [-0.2, -0.15) is 0 Å². The Hall–Kier alpha value is -2.81. The molecule has 198 valence electrons. The molecule has 0 unspecified atom stereocenters. The maximum Gasteiger partial charge on any atom is 0.317 e. The van der Waals surface area contributed by atoms with Crippen molar-refractivity contribution in [2.45, 2.75) is 77.0 Å². The fraction of sp³-hybridized carbons (Fsp3) is 0.667. The summed E-state index contributed by atoms with van der Waals surface area (Å²) < 4.78 is 6.48. The number of aliphatic hydroxyl groups excluding tert-OH is 1. The number of para-hydroxylation sites is 1. The topological polar surface area (TPSA) is 111 Å². The summed E-state index contributed by atoms with van der Waals surface area (Å²) in [4.78, 5) is 42.4. The lowest BCUT2D eigenvalue weighted by Gasteiger charge is -2.38. The van der Waals surface area contributed by atoms with Crippen molar-refractivity contribution < 1.29 is 24.2 Å². The fourth-order valence-corrected chi connectivity index (χ4v) is 5.02. The van der Waals surface area contributed by atoms with E-state index >= 15 is 0 Å². The summed E-state index contributed by atoms with van der Waals surface area (Å²) in [5, 5.41) is 15.9. The van der Waals surface area contributed by atoms with E-state index in [9.17, 15) is 19.5 Å². The van der Waals surface area contributed by atoms with Gasteiger partial charge in [-0.25, -0.2) is 4.79 Å². The molecule has 0 saturated heterocycles. The minimum Gasteiger partial charge on any atom is -0.485 e. The molecule has 2 aliphatic carbocycles. The Kier molecular flexibility index (Phi) is 8.39. The zero-order valence-corrected chi connectivity index (χ0v) is 21.7. The summed E-state index contributed by atoms with van der Waals surface area (Å²) in [6.45, 7) is 4.32. The number of anilines is 1. The van der Waals surface area contributed by atoms with E-state index in [-0.39, 0.29) is 48.4 Å². The third-order valence-electron chi connectivity index (χ3n) is 7.63. The average molecular weight is 501 g/mol. The van der Waals surface area contributed by atoms with Gasteiger partial charge in [-0.3, -0.25) is 9.59 Å². The lowest BCUT2D eigenvalue weighted by atomic mass is 9.96. The molecule has 3 atom stereocenters. The zero-order valence-electron chi connectivity index (χ0n) is 21.7. The van der Waals surface area contributed by atoms with Crippen molar-refractivity contribution in [3.05, 3.63) is 23.8 Å². The molecule has 1 heterocycles. The van der Waals surface area contributed by atoms with Crippen molar-refractivity contribution in [3.63, 3.8) is 0 Å². The monoisotopic (exact) mass is 500 g/mol. The Balaban J connectivity index is 1.59. The van der Waals surface area contributed by atoms with Gasteiger partial charge in [0.25, 0.3) is 5.91 Å². The predicted octanol–water partition coefficient (Wildman–Crippen LogP) is 3.23. The second-order valence-electron chi connectivity index (χ2n) is 10.7. The molecule has 2 fully saturated rings.